The largest absolute Gasteiger partial charge is 0.398 e. The van der Waals surface area contributed by atoms with Gasteiger partial charge in [-0.25, -0.2) is 4.98 Å². The van der Waals surface area contributed by atoms with Crippen LogP contribution in [0, 0.1) is 0 Å². The van der Waals surface area contributed by atoms with Crippen LogP contribution in [0.5, 0.6) is 0 Å². The van der Waals surface area contributed by atoms with Gasteiger partial charge in [0.15, 0.2) is 0 Å². The number of anilines is 1. The predicted molar refractivity (Wildman–Crippen MR) is 116 cm³/mol. The lowest BCUT2D eigenvalue weighted by molar-refractivity contribution is 0.154. The van der Waals surface area contributed by atoms with Crippen molar-refractivity contribution in [1.29, 1.82) is 0 Å². The molecule has 146 valence electrons. The molecule has 1 atom stereocenters. The molecule has 0 bridgehead atoms. The first kappa shape index (κ1) is 17.9. The molecule has 0 aliphatic heterocycles. The number of aromatic nitrogens is 3. The third-order valence-corrected chi connectivity index (χ3v) is 5.83. The number of aromatic amines is 1. The average Bonchev–Trinajstić information content (AvgIpc) is 3.17. The Hall–Kier alpha value is -3.18. The van der Waals surface area contributed by atoms with Crippen molar-refractivity contribution in [2.45, 2.75) is 38.4 Å². The Kier molecular flexibility index (Phi) is 4.74. The Morgan fingerprint density at radius 2 is 1.86 bits per heavy atom. The molecule has 5 rings (SSSR count). The fraction of sp³-hybridized carbons (Fsp3) is 0.250. The van der Waals surface area contributed by atoms with Crippen LogP contribution in [0.2, 0.25) is 0 Å². The standard InChI is InChI=1S/C24H25N5/c25-19-10-2-1-7-18(19)15-29(16-23-27-20-11-3-4-12-21(20)28-23)22-13-5-8-17-9-6-14-26-24(17)22/h1-4,6-7,9-12,14,22H,5,8,13,15-16,25H2,(H,27,28). The molecule has 2 aromatic heterocycles. The summed E-state index contributed by atoms with van der Waals surface area (Å²) in [6, 6.07) is 20.8. The summed E-state index contributed by atoms with van der Waals surface area (Å²) in [7, 11) is 0. The van der Waals surface area contributed by atoms with Gasteiger partial charge in [0.1, 0.15) is 5.82 Å². The van der Waals surface area contributed by atoms with E-state index in [1.807, 2.05) is 42.6 Å². The highest BCUT2D eigenvalue weighted by molar-refractivity contribution is 5.74. The summed E-state index contributed by atoms with van der Waals surface area (Å²) in [5.41, 5.74) is 12.9. The number of hydrogen-bond donors (Lipinski definition) is 2. The first-order chi connectivity index (χ1) is 14.3. The van der Waals surface area contributed by atoms with Crippen LogP contribution >= 0.6 is 0 Å². The van der Waals surface area contributed by atoms with Crippen LogP contribution < -0.4 is 5.73 Å². The number of benzene rings is 2. The van der Waals surface area contributed by atoms with Crippen LogP contribution in [-0.4, -0.2) is 19.9 Å². The first-order valence-electron chi connectivity index (χ1n) is 10.2. The van der Waals surface area contributed by atoms with Gasteiger partial charge < -0.3 is 10.7 Å². The second kappa shape index (κ2) is 7.68. The topological polar surface area (TPSA) is 70.8 Å². The summed E-state index contributed by atoms with van der Waals surface area (Å²) in [6.07, 6.45) is 5.28. The average molecular weight is 383 g/mol. The second-order valence-electron chi connectivity index (χ2n) is 7.76. The monoisotopic (exact) mass is 383 g/mol. The zero-order chi connectivity index (χ0) is 19.6. The summed E-state index contributed by atoms with van der Waals surface area (Å²) >= 11 is 0. The maximum Gasteiger partial charge on any atom is 0.121 e. The third kappa shape index (κ3) is 3.61. The molecule has 5 nitrogen and oxygen atoms in total. The molecule has 2 heterocycles. The Bertz CT molecular complexity index is 1100. The van der Waals surface area contributed by atoms with E-state index in [-0.39, 0.29) is 6.04 Å². The van der Waals surface area contributed by atoms with Crippen LogP contribution in [0.25, 0.3) is 11.0 Å². The zero-order valence-electron chi connectivity index (χ0n) is 16.4. The number of aryl methyl sites for hydroxylation is 1. The van der Waals surface area contributed by atoms with Crippen LogP contribution in [0.3, 0.4) is 0 Å². The summed E-state index contributed by atoms with van der Waals surface area (Å²) in [5.74, 6) is 0.976. The van der Waals surface area contributed by atoms with E-state index in [0.29, 0.717) is 0 Å². The van der Waals surface area contributed by atoms with E-state index in [9.17, 15) is 0 Å². The van der Waals surface area contributed by atoms with E-state index in [2.05, 4.69) is 34.1 Å². The third-order valence-electron chi connectivity index (χ3n) is 5.83. The van der Waals surface area contributed by atoms with Gasteiger partial charge in [0.05, 0.1) is 29.3 Å². The van der Waals surface area contributed by atoms with Crippen molar-refractivity contribution in [2.75, 3.05) is 5.73 Å². The van der Waals surface area contributed by atoms with Gasteiger partial charge in [-0.1, -0.05) is 36.4 Å². The number of H-pyrrole nitrogens is 1. The van der Waals surface area contributed by atoms with Crippen molar-refractivity contribution in [3.05, 3.63) is 89.5 Å². The molecule has 0 saturated carbocycles. The molecule has 1 unspecified atom stereocenters. The summed E-state index contributed by atoms with van der Waals surface area (Å²) in [4.78, 5) is 15.5. The van der Waals surface area contributed by atoms with Gasteiger partial charge in [-0.15, -0.1) is 0 Å². The number of hydrogen-bond acceptors (Lipinski definition) is 4. The Balaban J connectivity index is 1.51. The molecule has 29 heavy (non-hydrogen) atoms. The summed E-state index contributed by atoms with van der Waals surface area (Å²) in [6.45, 7) is 1.49. The quantitative estimate of drug-likeness (QED) is 0.493. The molecule has 4 aromatic rings. The lowest BCUT2D eigenvalue weighted by atomic mass is 9.90. The Labute approximate surface area is 170 Å². The van der Waals surface area contributed by atoms with Crippen LogP contribution in [0.1, 0.15) is 41.5 Å². The minimum atomic E-state index is 0.257. The van der Waals surface area contributed by atoms with Crippen molar-refractivity contribution >= 4 is 16.7 Å². The molecule has 0 saturated heterocycles. The molecule has 5 heteroatoms. The summed E-state index contributed by atoms with van der Waals surface area (Å²) in [5, 5.41) is 0. The lowest BCUT2D eigenvalue weighted by Crippen LogP contribution is -2.32. The minimum absolute atomic E-state index is 0.257. The molecule has 0 spiro atoms. The van der Waals surface area contributed by atoms with Gasteiger partial charge in [0.25, 0.3) is 0 Å². The number of imidazole rings is 1. The van der Waals surface area contributed by atoms with Gasteiger partial charge in [-0.05, 0) is 54.7 Å². The Morgan fingerprint density at radius 1 is 1.00 bits per heavy atom. The summed E-state index contributed by atoms with van der Waals surface area (Å²) < 4.78 is 0. The van der Waals surface area contributed by atoms with Gasteiger partial charge >= 0.3 is 0 Å². The van der Waals surface area contributed by atoms with E-state index in [0.717, 1.165) is 54.0 Å². The predicted octanol–water partition coefficient (Wildman–Crippen LogP) is 4.62. The number of nitrogens with zero attached hydrogens (tertiary/aromatic N) is 3. The maximum atomic E-state index is 6.28. The highest BCUT2D eigenvalue weighted by atomic mass is 15.2. The van der Waals surface area contributed by atoms with Gasteiger partial charge in [0, 0.05) is 18.4 Å². The van der Waals surface area contributed by atoms with Crippen molar-refractivity contribution in [3.63, 3.8) is 0 Å². The minimum Gasteiger partial charge on any atom is -0.398 e. The maximum absolute atomic E-state index is 6.28. The number of fused-ring (bicyclic) bond motifs is 2. The second-order valence-corrected chi connectivity index (χ2v) is 7.76. The zero-order valence-corrected chi connectivity index (χ0v) is 16.4. The number of nitrogen functional groups attached to an aromatic ring is 1. The number of nitrogens with two attached hydrogens (primary N) is 1. The number of rotatable bonds is 5. The van der Waals surface area contributed by atoms with E-state index < -0.39 is 0 Å². The molecule has 0 amide bonds. The van der Waals surface area contributed by atoms with E-state index in [1.54, 1.807) is 0 Å². The van der Waals surface area contributed by atoms with Crippen molar-refractivity contribution in [1.82, 2.24) is 19.9 Å². The Morgan fingerprint density at radius 3 is 2.76 bits per heavy atom. The van der Waals surface area contributed by atoms with Crippen LogP contribution in [0.15, 0.2) is 66.9 Å². The number of pyridine rings is 1. The van der Waals surface area contributed by atoms with E-state index >= 15 is 0 Å². The normalized spacial score (nSPS) is 16.2. The fourth-order valence-electron chi connectivity index (χ4n) is 4.39. The molecule has 0 radical (unpaired) electrons. The molecular weight excluding hydrogens is 358 g/mol. The van der Waals surface area contributed by atoms with E-state index in [4.69, 9.17) is 15.7 Å². The molecule has 1 aliphatic carbocycles. The van der Waals surface area contributed by atoms with Crippen molar-refractivity contribution in [3.8, 4) is 0 Å². The van der Waals surface area contributed by atoms with Gasteiger partial charge in [0.2, 0.25) is 0 Å². The smallest absolute Gasteiger partial charge is 0.121 e. The highest BCUT2D eigenvalue weighted by Gasteiger charge is 2.28. The number of nitrogens with one attached hydrogen (secondary N) is 1. The van der Waals surface area contributed by atoms with Crippen molar-refractivity contribution in [2.24, 2.45) is 0 Å². The van der Waals surface area contributed by atoms with Crippen molar-refractivity contribution < 1.29 is 0 Å². The van der Waals surface area contributed by atoms with Gasteiger partial charge in [-0.3, -0.25) is 9.88 Å². The molecule has 3 N–H and O–H groups in total. The van der Waals surface area contributed by atoms with Crippen LogP contribution in [0.4, 0.5) is 5.69 Å². The van der Waals surface area contributed by atoms with Gasteiger partial charge in [-0.2, -0.15) is 0 Å². The number of para-hydroxylation sites is 3. The molecule has 1 aliphatic rings. The fourth-order valence-corrected chi connectivity index (χ4v) is 4.39. The van der Waals surface area contributed by atoms with Crippen LogP contribution in [-0.2, 0) is 19.5 Å². The first-order valence-corrected chi connectivity index (χ1v) is 10.2. The lowest BCUT2D eigenvalue weighted by Gasteiger charge is -2.34. The van der Waals surface area contributed by atoms with E-state index in [1.165, 1.54) is 17.7 Å². The molecular formula is C24H25N5. The highest BCUT2D eigenvalue weighted by Crippen LogP contribution is 2.35. The molecule has 2 aromatic carbocycles. The molecule has 0 fully saturated rings. The SMILES string of the molecule is Nc1ccccc1CN(Cc1nc2ccccc2[nH]1)C1CCCc2cccnc21.